The van der Waals surface area contributed by atoms with E-state index < -0.39 is 5.60 Å². The van der Waals surface area contributed by atoms with Crippen LogP contribution in [0.4, 0.5) is 0 Å². The van der Waals surface area contributed by atoms with Crippen molar-refractivity contribution < 1.29 is 9.39 Å². The summed E-state index contributed by atoms with van der Waals surface area (Å²) in [7, 11) is 3.45. The van der Waals surface area contributed by atoms with E-state index in [1.807, 2.05) is 52.0 Å². The van der Waals surface area contributed by atoms with E-state index in [1.54, 1.807) is 14.6 Å². The predicted octanol–water partition coefficient (Wildman–Crippen LogP) is 2.44. The fourth-order valence-electron chi connectivity index (χ4n) is 1.16. The minimum absolute atomic E-state index is 0.354. The number of thiol groups is 1. The fraction of sp³-hybridized carbons (Fsp3) is 0.538. The van der Waals surface area contributed by atoms with Crippen LogP contribution in [-0.4, -0.2) is 25.8 Å². The second-order valence-electron chi connectivity index (χ2n) is 5.05. The monoisotopic (exact) mass is 251 g/mol. The van der Waals surface area contributed by atoms with Crippen LogP contribution in [0.3, 0.4) is 0 Å². The van der Waals surface area contributed by atoms with Gasteiger partial charge in [0.2, 0.25) is 0 Å². The lowest BCUT2D eigenvalue weighted by atomic mass is 9.82. The number of hydrogen-bond donors (Lipinski definition) is 1. The molecule has 4 heteroatoms. The Bertz CT molecular complexity index is 360. The maximum atomic E-state index is 5.84. The zero-order valence-electron chi connectivity index (χ0n) is 11.2. The first-order valence-electron chi connectivity index (χ1n) is 5.64. The van der Waals surface area contributed by atoms with E-state index in [4.69, 9.17) is 9.39 Å². The van der Waals surface area contributed by atoms with E-state index in [1.165, 1.54) is 0 Å². The summed E-state index contributed by atoms with van der Waals surface area (Å²) in [5, 5.41) is 0. The van der Waals surface area contributed by atoms with E-state index in [2.05, 4.69) is 12.6 Å². The predicted molar refractivity (Wildman–Crippen MR) is 75.3 cm³/mol. The molecule has 1 rings (SSSR count). The van der Waals surface area contributed by atoms with Crippen LogP contribution < -0.4 is 5.46 Å². The second kappa shape index (κ2) is 5.47. The minimum atomic E-state index is -0.401. The van der Waals surface area contributed by atoms with E-state index in [0.29, 0.717) is 0 Å². The summed E-state index contributed by atoms with van der Waals surface area (Å²) in [5.74, 6) is 0. The van der Waals surface area contributed by atoms with Crippen LogP contribution in [-0.2, 0) is 9.39 Å². The van der Waals surface area contributed by atoms with Gasteiger partial charge >= 0.3 is 7.48 Å². The van der Waals surface area contributed by atoms with E-state index >= 15 is 0 Å². The number of ether oxygens (including phenoxy) is 1. The van der Waals surface area contributed by atoms with Gasteiger partial charge in [0, 0.05) is 12.0 Å². The number of rotatable bonds is 5. The summed E-state index contributed by atoms with van der Waals surface area (Å²) in [5.41, 5.74) is 0.261. The molecule has 0 aromatic heterocycles. The number of hydrogen-bond acceptors (Lipinski definition) is 3. The van der Waals surface area contributed by atoms with Gasteiger partial charge in [-0.05, 0) is 39.8 Å². The molecule has 2 nitrogen and oxygen atoms in total. The lowest BCUT2D eigenvalue weighted by Crippen LogP contribution is -2.50. The molecule has 0 aliphatic carbocycles. The van der Waals surface area contributed by atoms with E-state index in [-0.39, 0.29) is 5.60 Å². The van der Waals surface area contributed by atoms with Gasteiger partial charge in [0.05, 0.1) is 11.2 Å². The van der Waals surface area contributed by atoms with Gasteiger partial charge in [0.15, 0.2) is 0 Å². The molecular formula is C13H20BO2S. The fourth-order valence-corrected chi connectivity index (χ4v) is 1.31. The highest BCUT2D eigenvalue weighted by Gasteiger charge is 2.37. The first-order chi connectivity index (χ1) is 7.78. The third-order valence-electron chi connectivity index (χ3n) is 3.34. The van der Waals surface area contributed by atoms with Gasteiger partial charge in [0.25, 0.3) is 0 Å². The van der Waals surface area contributed by atoms with Crippen molar-refractivity contribution in [1.82, 2.24) is 0 Å². The Morgan fingerprint density at radius 2 is 1.53 bits per heavy atom. The highest BCUT2D eigenvalue weighted by molar-refractivity contribution is 7.80. The van der Waals surface area contributed by atoms with Crippen molar-refractivity contribution in [2.45, 2.75) is 43.8 Å². The Kier molecular flexibility index (Phi) is 4.70. The van der Waals surface area contributed by atoms with Gasteiger partial charge in [0.1, 0.15) is 0 Å². The minimum Gasteiger partial charge on any atom is -0.427 e. The first kappa shape index (κ1) is 14.6. The maximum absolute atomic E-state index is 5.84. The van der Waals surface area contributed by atoms with Crippen LogP contribution in [0.5, 0.6) is 0 Å². The lowest BCUT2D eigenvalue weighted by Gasteiger charge is -2.40. The van der Waals surface area contributed by atoms with Crippen molar-refractivity contribution in [3.63, 3.8) is 0 Å². The Morgan fingerprint density at radius 1 is 1.00 bits per heavy atom. The molecule has 0 fully saturated rings. The van der Waals surface area contributed by atoms with Crippen LogP contribution in [0.1, 0.15) is 27.7 Å². The van der Waals surface area contributed by atoms with E-state index in [9.17, 15) is 0 Å². The largest absolute Gasteiger partial charge is 0.427 e. The van der Waals surface area contributed by atoms with Crippen molar-refractivity contribution in [2.75, 3.05) is 7.11 Å². The van der Waals surface area contributed by atoms with Crippen LogP contribution in [0.2, 0.25) is 0 Å². The molecule has 0 saturated heterocycles. The summed E-state index contributed by atoms with van der Waals surface area (Å²) < 4.78 is 11.3. The van der Waals surface area contributed by atoms with Gasteiger partial charge < -0.3 is 9.39 Å². The van der Waals surface area contributed by atoms with Gasteiger partial charge in [-0.25, -0.2) is 0 Å². The quantitative estimate of drug-likeness (QED) is 0.640. The number of benzene rings is 1. The summed E-state index contributed by atoms with van der Waals surface area (Å²) in [6.45, 7) is 8.05. The summed E-state index contributed by atoms with van der Waals surface area (Å²) >= 11 is 4.24. The van der Waals surface area contributed by atoms with Crippen molar-refractivity contribution in [3.05, 3.63) is 24.3 Å². The Morgan fingerprint density at radius 3 is 2.00 bits per heavy atom. The molecule has 0 saturated carbocycles. The molecule has 0 N–H and O–H groups in total. The molecule has 0 aliphatic heterocycles. The summed E-state index contributed by atoms with van der Waals surface area (Å²) in [6, 6.07) is 7.82. The highest BCUT2D eigenvalue weighted by atomic mass is 32.1. The molecule has 0 aliphatic rings. The van der Waals surface area contributed by atoms with Crippen molar-refractivity contribution >= 4 is 25.6 Å². The van der Waals surface area contributed by atoms with Gasteiger partial charge in [-0.1, -0.05) is 17.6 Å². The zero-order valence-corrected chi connectivity index (χ0v) is 12.0. The van der Waals surface area contributed by atoms with Crippen molar-refractivity contribution in [2.24, 2.45) is 0 Å². The molecule has 93 valence electrons. The summed E-state index contributed by atoms with van der Waals surface area (Å²) in [4.78, 5) is 0.943. The van der Waals surface area contributed by atoms with E-state index in [0.717, 1.165) is 10.4 Å². The standard InChI is InChI=1S/C13H20BO2S/c1-12(2,15-5)13(3,4)16-14-10-6-8-11(17)9-7-10/h6-9,17H,1-5H3. The smallest absolute Gasteiger partial charge is 0.330 e. The molecule has 1 radical (unpaired) electrons. The molecule has 0 unspecified atom stereocenters. The van der Waals surface area contributed by atoms with Gasteiger partial charge in [-0.15, -0.1) is 12.6 Å². The lowest BCUT2D eigenvalue weighted by molar-refractivity contribution is -0.114. The molecule has 1 aromatic rings. The molecule has 0 heterocycles. The Labute approximate surface area is 110 Å². The second-order valence-corrected chi connectivity index (χ2v) is 5.57. The van der Waals surface area contributed by atoms with Crippen molar-refractivity contribution in [1.29, 1.82) is 0 Å². The topological polar surface area (TPSA) is 18.5 Å². The summed E-state index contributed by atoms with van der Waals surface area (Å²) in [6.07, 6.45) is 0. The average molecular weight is 251 g/mol. The SMILES string of the molecule is COC(C)(C)C(C)(C)O[B]c1ccc(S)cc1. The molecule has 1 aromatic carbocycles. The zero-order chi connectivity index (χ0) is 13.1. The average Bonchev–Trinajstić information content (AvgIpc) is 2.28. The third kappa shape index (κ3) is 3.76. The molecule has 0 amide bonds. The molecule has 0 spiro atoms. The van der Waals surface area contributed by atoms with Gasteiger partial charge in [-0.2, -0.15) is 0 Å². The normalized spacial score (nSPS) is 12.6. The van der Waals surface area contributed by atoms with Crippen LogP contribution in [0, 0.1) is 0 Å². The van der Waals surface area contributed by atoms with Crippen LogP contribution >= 0.6 is 12.6 Å². The van der Waals surface area contributed by atoms with Crippen LogP contribution in [0.25, 0.3) is 0 Å². The Balaban J connectivity index is 2.64. The van der Waals surface area contributed by atoms with Crippen LogP contribution in [0.15, 0.2) is 29.2 Å². The van der Waals surface area contributed by atoms with Crippen molar-refractivity contribution in [3.8, 4) is 0 Å². The third-order valence-corrected chi connectivity index (χ3v) is 3.64. The molecular weight excluding hydrogens is 231 g/mol. The molecule has 0 atom stereocenters. The maximum Gasteiger partial charge on any atom is 0.330 e. The molecule has 0 bridgehead atoms. The first-order valence-corrected chi connectivity index (χ1v) is 6.08. The Hall–Kier alpha value is -0.445. The highest BCUT2D eigenvalue weighted by Crippen LogP contribution is 2.27. The number of methoxy groups -OCH3 is 1. The molecule has 17 heavy (non-hydrogen) atoms. The van der Waals surface area contributed by atoms with Gasteiger partial charge in [-0.3, -0.25) is 0 Å².